The highest BCUT2D eigenvalue weighted by Crippen LogP contribution is 2.30. The number of imidazole rings is 1. The van der Waals surface area contributed by atoms with Gasteiger partial charge in [-0.15, -0.1) is 0 Å². The van der Waals surface area contributed by atoms with Gasteiger partial charge in [0.05, 0.1) is 21.1 Å². The summed E-state index contributed by atoms with van der Waals surface area (Å²) < 4.78 is 1.51. The van der Waals surface area contributed by atoms with Crippen LogP contribution in [-0.2, 0) is 4.79 Å². The molecule has 5 rings (SSSR count). The summed E-state index contributed by atoms with van der Waals surface area (Å²) in [5, 5.41) is 0.697. The van der Waals surface area contributed by atoms with E-state index in [4.69, 9.17) is 23.2 Å². The number of piperazine rings is 1. The first-order valence-corrected chi connectivity index (χ1v) is 12.5. The Balaban J connectivity index is 1.44. The zero-order chi connectivity index (χ0) is 23.8. The van der Waals surface area contributed by atoms with E-state index in [0.29, 0.717) is 40.2 Å². The van der Waals surface area contributed by atoms with E-state index in [2.05, 4.69) is 21.8 Å². The summed E-state index contributed by atoms with van der Waals surface area (Å²) in [6.45, 7) is 5.25. The predicted molar refractivity (Wildman–Crippen MR) is 136 cm³/mol. The van der Waals surface area contributed by atoms with Gasteiger partial charge >= 0.3 is 5.69 Å². The van der Waals surface area contributed by atoms with Crippen molar-refractivity contribution in [3.63, 3.8) is 0 Å². The number of nitrogens with one attached hydrogen (secondary N) is 1. The molecular formula is C25H29Cl2N5O2. The van der Waals surface area contributed by atoms with Crippen LogP contribution >= 0.6 is 23.2 Å². The van der Waals surface area contributed by atoms with E-state index in [1.165, 1.54) is 17.4 Å². The van der Waals surface area contributed by atoms with E-state index in [-0.39, 0.29) is 11.6 Å². The molecule has 180 valence electrons. The minimum absolute atomic E-state index is 0.0803. The summed E-state index contributed by atoms with van der Waals surface area (Å²) in [7, 11) is 2.17. The average Bonchev–Trinajstić information content (AvgIpc) is 3.15. The van der Waals surface area contributed by atoms with Crippen molar-refractivity contribution in [3.8, 4) is 0 Å². The quantitative estimate of drug-likeness (QED) is 0.594. The number of piperidine rings is 1. The number of hydrogen-bond donors (Lipinski definition) is 1. The number of benzene rings is 2. The summed E-state index contributed by atoms with van der Waals surface area (Å²) in [6.07, 6.45) is 2.34. The monoisotopic (exact) mass is 501 g/mol. The third-order valence-electron chi connectivity index (χ3n) is 7.20. The number of H-pyrrole nitrogens is 1. The zero-order valence-corrected chi connectivity index (χ0v) is 20.7. The van der Waals surface area contributed by atoms with Crippen molar-refractivity contribution >= 4 is 40.1 Å². The van der Waals surface area contributed by atoms with E-state index in [1.54, 1.807) is 12.1 Å². The van der Waals surface area contributed by atoms with Crippen molar-refractivity contribution in [2.45, 2.75) is 24.9 Å². The smallest absolute Gasteiger partial charge is 0.327 e. The average molecular weight is 502 g/mol. The van der Waals surface area contributed by atoms with Gasteiger partial charge in [-0.1, -0.05) is 53.5 Å². The van der Waals surface area contributed by atoms with Crippen LogP contribution in [0.25, 0.3) is 11.0 Å². The van der Waals surface area contributed by atoms with E-state index in [9.17, 15) is 9.59 Å². The number of aromatic nitrogens is 2. The van der Waals surface area contributed by atoms with Crippen LogP contribution in [-0.4, -0.2) is 82.5 Å². The fourth-order valence-electron chi connectivity index (χ4n) is 5.25. The Hall–Kier alpha value is -2.32. The number of carbonyl (C=O) groups is 1. The third-order valence-corrected chi connectivity index (χ3v) is 7.92. The van der Waals surface area contributed by atoms with Crippen molar-refractivity contribution in [2.75, 3.05) is 46.3 Å². The molecule has 3 heterocycles. The van der Waals surface area contributed by atoms with Gasteiger partial charge < -0.3 is 14.8 Å². The lowest BCUT2D eigenvalue weighted by atomic mass is 10.0. The molecule has 0 saturated carbocycles. The highest BCUT2D eigenvalue weighted by molar-refractivity contribution is 6.42. The Bertz CT molecular complexity index is 1230. The maximum atomic E-state index is 13.9. The summed E-state index contributed by atoms with van der Waals surface area (Å²) in [4.78, 5) is 36.7. The number of rotatable bonds is 4. The molecule has 1 aromatic heterocycles. The highest BCUT2D eigenvalue weighted by Gasteiger charge is 2.34. The molecule has 0 bridgehead atoms. The molecule has 3 aromatic rings. The van der Waals surface area contributed by atoms with E-state index >= 15 is 0 Å². The number of fused-ring (bicyclic) bond motifs is 1. The highest BCUT2D eigenvalue weighted by atomic mass is 35.5. The predicted octanol–water partition coefficient (Wildman–Crippen LogP) is 3.46. The van der Waals surface area contributed by atoms with Gasteiger partial charge in [-0.3, -0.25) is 14.3 Å². The molecular weight excluding hydrogens is 473 g/mol. The number of hydrogen-bond acceptors (Lipinski definition) is 4. The molecule has 2 aromatic carbocycles. The number of nitrogens with zero attached hydrogens (tertiary/aromatic N) is 4. The lowest BCUT2D eigenvalue weighted by Crippen LogP contribution is -2.55. The Morgan fingerprint density at radius 2 is 1.62 bits per heavy atom. The molecule has 0 aliphatic carbocycles. The molecule has 9 heteroatoms. The Morgan fingerprint density at radius 1 is 0.971 bits per heavy atom. The number of amides is 1. The first kappa shape index (κ1) is 23.4. The van der Waals surface area contributed by atoms with Crippen LogP contribution in [0.2, 0.25) is 10.0 Å². The topological polar surface area (TPSA) is 64.6 Å². The van der Waals surface area contributed by atoms with Crippen LogP contribution in [0.5, 0.6) is 0 Å². The largest absolute Gasteiger partial charge is 0.338 e. The zero-order valence-electron chi connectivity index (χ0n) is 19.2. The normalized spacial score (nSPS) is 19.6. The van der Waals surface area contributed by atoms with Crippen LogP contribution in [0.15, 0.2) is 47.3 Å². The standard InChI is InChI=1S/C25H29Cl2N5O2/c1-29-9-7-18(8-10-29)30-11-13-31(14-12-30)24(33)23(17-5-3-2-4-6-17)32-22-16-20(27)19(26)15-21(22)28-25(32)34/h2-6,15-16,18,23H,7-14H2,1H3,(H,28,34). The second-order valence-corrected chi connectivity index (χ2v) is 10.1. The molecule has 0 radical (unpaired) electrons. The van der Waals surface area contributed by atoms with Crippen molar-refractivity contribution in [3.05, 3.63) is 68.6 Å². The molecule has 1 N–H and O–H groups in total. The SMILES string of the molecule is CN1CCC(N2CCN(C(=O)C(c3ccccc3)n3c(=O)[nH]c4cc(Cl)c(Cl)cc43)CC2)CC1. The van der Waals surface area contributed by atoms with Gasteiger partial charge in [-0.2, -0.15) is 0 Å². The van der Waals surface area contributed by atoms with Crippen molar-refractivity contribution in [1.29, 1.82) is 0 Å². The first-order chi connectivity index (χ1) is 16.4. The molecule has 1 unspecified atom stereocenters. The van der Waals surface area contributed by atoms with Crippen LogP contribution in [0.4, 0.5) is 0 Å². The number of halogens is 2. The van der Waals surface area contributed by atoms with Crippen LogP contribution < -0.4 is 5.69 Å². The maximum absolute atomic E-state index is 13.9. The van der Waals surface area contributed by atoms with Crippen LogP contribution in [0.1, 0.15) is 24.4 Å². The molecule has 2 aliphatic heterocycles. The Morgan fingerprint density at radius 3 is 2.29 bits per heavy atom. The molecule has 2 fully saturated rings. The molecule has 0 spiro atoms. The van der Waals surface area contributed by atoms with Gasteiger partial charge in [0, 0.05) is 32.2 Å². The number of aromatic amines is 1. The maximum Gasteiger partial charge on any atom is 0.327 e. The van der Waals surface area contributed by atoms with Gasteiger partial charge in [0.1, 0.15) is 6.04 Å². The van der Waals surface area contributed by atoms with Crippen molar-refractivity contribution in [1.82, 2.24) is 24.3 Å². The molecule has 1 amide bonds. The first-order valence-electron chi connectivity index (χ1n) is 11.8. The van der Waals surface area contributed by atoms with Gasteiger partial charge in [0.15, 0.2) is 0 Å². The summed E-state index contributed by atoms with van der Waals surface area (Å²) in [6, 6.07) is 12.5. The molecule has 1 atom stereocenters. The third kappa shape index (κ3) is 4.50. The lowest BCUT2D eigenvalue weighted by molar-refractivity contribution is -0.135. The summed E-state index contributed by atoms with van der Waals surface area (Å²) >= 11 is 12.5. The van der Waals surface area contributed by atoms with E-state index in [1.807, 2.05) is 35.2 Å². The van der Waals surface area contributed by atoms with Crippen LogP contribution in [0, 0.1) is 0 Å². The second kappa shape index (κ2) is 9.74. The lowest BCUT2D eigenvalue weighted by Gasteiger charge is -2.42. The fraction of sp³-hybridized carbons (Fsp3) is 0.440. The van der Waals surface area contributed by atoms with Crippen molar-refractivity contribution < 1.29 is 4.79 Å². The summed E-state index contributed by atoms with van der Waals surface area (Å²) in [5.41, 5.74) is 1.52. The minimum Gasteiger partial charge on any atom is -0.338 e. The van der Waals surface area contributed by atoms with Crippen molar-refractivity contribution in [2.24, 2.45) is 0 Å². The number of likely N-dealkylation sites (tertiary alicyclic amines) is 1. The van der Waals surface area contributed by atoms with Gasteiger partial charge in [0.2, 0.25) is 0 Å². The molecule has 34 heavy (non-hydrogen) atoms. The summed E-state index contributed by atoms with van der Waals surface area (Å²) in [5.74, 6) is -0.0803. The van der Waals surface area contributed by atoms with Gasteiger partial charge in [-0.05, 0) is 50.7 Å². The van der Waals surface area contributed by atoms with Gasteiger partial charge in [-0.25, -0.2) is 4.79 Å². The Kier molecular flexibility index (Phi) is 6.71. The fourth-order valence-corrected chi connectivity index (χ4v) is 5.58. The molecule has 2 saturated heterocycles. The minimum atomic E-state index is -0.783. The van der Waals surface area contributed by atoms with E-state index < -0.39 is 6.04 Å². The van der Waals surface area contributed by atoms with E-state index in [0.717, 1.165) is 31.7 Å². The Labute approximate surface area is 208 Å². The molecule has 7 nitrogen and oxygen atoms in total. The number of carbonyl (C=O) groups excluding carboxylic acids is 1. The molecule has 2 aliphatic rings. The van der Waals surface area contributed by atoms with Crippen LogP contribution in [0.3, 0.4) is 0 Å². The van der Waals surface area contributed by atoms with Gasteiger partial charge in [0.25, 0.3) is 5.91 Å². The second-order valence-electron chi connectivity index (χ2n) is 9.29.